The molecular weight excluding hydrogens is 456 g/mol. The van der Waals surface area contributed by atoms with Crippen LogP contribution in [-0.4, -0.2) is 63.1 Å². The summed E-state index contributed by atoms with van der Waals surface area (Å²) in [5.74, 6) is -4.69. The number of aromatic carboxylic acids is 1. The van der Waals surface area contributed by atoms with E-state index in [1.807, 2.05) is 0 Å². The number of benzene rings is 3. The van der Waals surface area contributed by atoms with Crippen LogP contribution < -0.4 is 4.74 Å². The smallest absolute Gasteiger partial charge is 0.335 e. The molecule has 1 heterocycles. The number of aliphatic hydroxyl groups is 2. The van der Waals surface area contributed by atoms with Gasteiger partial charge in [0.05, 0.1) is 11.1 Å². The zero-order chi connectivity index (χ0) is 25.3. The highest BCUT2D eigenvalue weighted by Crippen LogP contribution is 2.47. The third-order valence-electron chi connectivity index (χ3n) is 4.93. The molecule has 0 spiro atoms. The van der Waals surface area contributed by atoms with Crippen molar-refractivity contribution in [3.8, 4) is 46.0 Å². The molecule has 10 N–H and O–H groups in total. The summed E-state index contributed by atoms with van der Waals surface area (Å²) < 4.78 is 5.53. The molecular formula is C22H20O12. The standard InChI is InChI=1S/C15H14O7.C7H6O5/c16-7-4-10(19)12-11(5-7)22-15(14(21)13(12)20)6-1-2-8(17)9(18)3-6;8-4-1-3(7(11)12)2-5(9)6(4)10/h1-5,13-21H;1-2,8-10H,(H,11,12). The SMILES string of the molecule is O=C(O)c1cc(O)c(O)c(O)c1.Oc1cc(O)c2c(c1)OC(c1ccc(O)c(O)c1)C(O)C2O. The summed E-state index contributed by atoms with van der Waals surface area (Å²) >= 11 is 0. The number of aliphatic hydroxyl groups excluding tert-OH is 2. The minimum Gasteiger partial charge on any atom is -0.508 e. The Kier molecular flexibility index (Phi) is 6.47. The maximum atomic E-state index is 10.3. The summed E-state index contributed by atoms with van der Waals surface area (Å²) in [7, 11) is 0. The molecule has 3 unspecified atom stereocenters. The molecule has 12 nitrogen and oxygen atoms in total. The Morgan fingerprint density at radius 1 is 0.735 bits per heavy atom. The van der Waals surface area contributed by atoms with Crippen molar-refractivity contribution in [1.82, 2.24) is 0 Å². The van der Waals surface area contributed by atoms with Gasteiger partial charge in [-0.1, -0.05) is 6.07 Å². The molecule has 1 aliphatic heterocycles. The summed E-state index contributed by atoms with van der Waals surface area (Å²) in [5, 5.41) is 93.5. The molecule has 0 fully saturated rings. The number of hydrogen-bond donors (Lipinski definition) is 10. The first-order valence-corrected chi connectivity index (χ1v) is 9.49. The van der Waals surface area contributed by atoms with Gasteiger partial charge in [-0.2, -0.15) is 0 Å². The number of carboxylic acid groups (broad SMARTS) is 1. The molecule has 12 heteroatoms. The van der Waals surface area contributed by atoms with E-state index in [4.69, 9.17) is 25.2 Å². The van der Waals surface area contributed by atoms with E-state index in [0.717, 1.165) is 18.2 Å². The molecule has 3 atom stereocenters. The Morgan fingerprint density at radius 3 is 1.91 bits per heavy atom. The van der Waals surface area contributed by atoms with Crippen molar-refractivity contribution in [1.29, 1.82) is 0 Å². The number of fused-ring (bicyclic) bond motifs is 1. The maximum absolute atomic E-state index is 10.3. The zero-order valence-corrected chi connectivity index (χ0v) is 17.1. The van der Waals surface area contributed by atoms with Crippen LogP contribution in [0.2, 0.25) is 0 Å². The van der Waals surface area contributed by atoms with Gasteiger partial charge < -0.3 is 55.8 Å². The Hall–Kier alpha value is -4.55. The minimum absolute atomic E-state index is 0.0212. The lowest BCUT2D eigenvalue weighted by atomic mass is 9.91. The zero-order valence-electron chi connectivity index (χ0n) is 17.1. The molecule has 4 rings (SSSR count). The Morgan fingerprint density at radius 2 is 1.35 bits per heavy atom. The summed E-state index contributed by atoms with van der Waals surface area (Å²) in [5.41, 5.74) is 0.00248. The van der Waals surface area contributed by atoms with Gasteiger partial charge in [-0.3, -0.25) is 0 Å². The van der Waals surface area contributed by atoms with Crippen molar-refractivity contribution in [2.75, 3.05) is 0 Å². The van der Waals surface area contributed by atoms with Crippen LogP contribution in [0.3, 0.4) is 0 Å². The van der Waals surface area contributed by atoms with Crippen molar-refractivity contribution in [3.63, 3.8) is 0 Å². The highest BCUT2D eigenvalue weighted by molar-refractivity contribution is 5.89. The number of carboxylic acids is 1. The lowest BCUT2D eigenvalue weighted by Crippen LogP contribution is -2.34. The van der Waals surface area contributed by atoms with Gasteiger partial charge in [0.25, 0.3) is 0 Å². The van der Waals surface area contributed by atoms with Crippen molar-refractivity contribution in [2.45, 2.75) is 18.3 Å². The van der Waals surface area contributed by atoms with E-state index < -0.39 is 53.0 Å². The number of phenols is 7. The first-order chi connectivity index (χ1) is 15.9. The monoisotopic (exact) mass is 476 g/mol. The molecule has 0 aliphatic carbocycles. The molecule has 3 aromatic rings. The second kappa shape index (κ2) is 9.13. The molecule has 3 aromatic carbocycles. The fraction of sp³-hybridized carbons (Fsp3) is 0.136. The van der Waals surface area contributed by atoms with Crippen molar-refractivity contribution in [3.05, 3.63) is 59.2 Å². The van der Waals surface area contributed by atoms with Gasteiger partial charge in [0, 0.05) is 12.1 Å². The van der Waals surface area contributed by atoms with Crippen LogP contribution in [0.25, 0.3) is 0 Å². The van der Waals surface area contributed by atoms with Gasteiger partial charge in [-0.05, 0) is 29.8 Å². The van der Waals surface area contributed by atoms with Crippen LogP contribution in [0.5, 0.6) is 46.0 Å². The van der Waals surface area contributed by atoms with Gasteiger partial charge in [0.15, 0.2) is 34.9 Å². The van der Waals surface area contributed by atoms with Crippen LogP contribution >= 0.6 is 0 Å². The van der Waals surface area contributed by atoms with E-state index in [2.05, 4.69) is 0 Å². The number of phenolic OH excluding ortho intramolecular Hbond substituents is 7. The van der Waals surface area contributed by atoms with E-state index >= 15 is 0 Å². The van der Waals surface area contributed by atoms with Crippen LogP contribution in [0.1, 0.15) is 33.7 Å². The van der Waals surface area contributed by atoms with E-state index in [9.17, 15) is 35.4 Å². The average molecular weight is 476 g/mol. The molecule has 1 aliphatic rings. The number of rotatable bonds is 2. The molecule has 0 bridgehead atoms. The second-order valence-electron chi connectivity index (χ2n) is 7.27. The predicted molar refractivity (Wildman–Crippen MR) is 112 cm³/mol. The summed E-state index contributed by atoms with van der Waals surface area (Å²) in [6, 6.07) is 7.77. The largest absolute Gasteiger partial charge is 0.508 e. The van der Waals surface area contributed by atoms with Crippen LogP contribution in [-0.2, 0) is 0 Å². The first kappa shape index (κ1) is 24.1. The number of ether oxygens (including phenoxy) is 1. The van der Waals surface area contributed by atoms with Crippen molar-refractivity contribution < 1.29 is 60.6 Å². The number of hydrogen-bond acceptors (Lipinski definition) is 11. The topological polar surface area (TPSA) is 229 Å². The Labute approximate surface area is 190 Å². The van der Waals surface area contributed by atoms with E-state index in [1.165, 1.54) is 24.3 Å². The molecule has 180 valence electrons. The number of carbonyl (C=O) groups is 1. The molecule has 0 saturated heterocycles. The third kappa shape index (κ3) is 4.62. The highest BCUT2D eigenvalue weighted by atomic mass is 16.5. The van der Waals surface area contributed by atoms with E-state index in [1.54, 1.807) is 0 Å². The van der Waals surface area contributed by atoms with Crippen molar-refractivity contribution in [2.24, 2.45) is 0 Å². The van der Waals surface area contributed by atoms with Crippen LogP contribution in [0.4, 0.5) is 0 Å². The fourth-order valence-electron chi connectivity index (χ4n) is 3.25. The molecule has 34 heavy (non-hydrogen) atoms. The molecule has 0 amide bonds. The van der Waals surface area contributed by atoms with E-state index in [0.29, 0.717) is 5.56 Å². The fourth-order valence-corrected chi connectivity index (χ4v) is 3.25. The Balaban J connectivity index is 0.000000229. The van der Waals surface area contributed by atoms with Gasteiger partial charge in [0.2, 0.25) is 0 Å². The average Bonchev–Trinajstić information content (AvgIpc) is 2.76. The Bertz CT molecular complexity index is 1220. The van der Waals surface area contributed by atoms with Crippen LogP contribution in [0.15, 0.2) is 42.5 Å². The lowest BCUT2D eigenvalue weighted by molar-refractivity contribution is -0.0711. The second-order valence-corrected chi connectivity index (χ2v) is 7.27. The van der Waals surface area contributed by atoms with Crippen molar-refractivity contribution >= 4 is 5.97 Å². The van der Waals surface area contributed by atoms with E-state index in [-0.39, 0.29) is 28.4 Å². The third-order valence-corrected chi connectivity index (χ3v) is 4.93. The summed E-state index contributed by atoms with van der Waals surface area (Å²) in [6.07, 6.45) is -3.90. The summed E-state index contributed by atoms with van der Waals surface area (Å²) in [6.45, 7) is 0. The predicted octanol–water partition coefficient (Wildman–Crippen LogP) is 1.54. The van der Waals surface area contributed by atoms with Gasteiger partial charge in [0.1, 0.15) is 29.5 Å². The normalized spacial score (nSPS) is 18.7. The molecule has 0 radical (unpaired) electrons. The van der Waals surface area contributed by atoms with Gasteiger partial charge in [-0.15, -0.1) is 0 Å². The molecule has 0 aromatic heterocycles. The first-order valence-electron chi connectivity index (χ1n) is 9.49. The molecule has 0 saturated carbocycles. The lowest BCUT2D eigenvalue weighted by Gasteiger charge is -2.34. The minimum atomic E-state index is -1.44. The summed E-state index contributed by atoms with van der Waals surface area (Å²) in [4.78, 5) is 10.3. The van der Waals surface area contributed by atoms with Gasteiger partial charge >= 0.3 is 5.97 Å². The highest BCUT2D eigenvalue weighted by Gasteiger charge is 2.39. The van der Waals surface area contributed by atoms with Gasteiger partial charge in [-0.25, -0.2) is 4.79 Å². The number of aromatic hydroxyl groups is 7. The van der Waals surface area contributed by atoms with Crippen LogP contribution in [0, 0.1) is 0 Å². The quantitative estimate of drug-likeness (QED) is 0.237. The maximum Gasteiger partial charge on any atom is 0.335 e.